The molecule has 1 heterocycles. The lowest BCUT2D eigenvalue weighted by atomic mass is 10.1. The Morgan fingerprint density at radius 2 is 1.82 bits per heavy atom. The largest absolute Gasteiger partial charge is 0.493 e. The van der Waals surface area contributed by atoms with E-state index < -0.39 is 18.0 Å². The summed E-state index contributed by atoms with van der Waals surface area (Å²) in [5.41, 5.74) is 6.87. The molecule has 0 unspecified atom stereocenters. The summed E-state index contributed by atoms with van der Waals surface area (Å²) in [6.45, 7) is 2.51. The molecule has 0 bridgehead atoms. The van der Waals surface area contributed by atoms with E-state index in [1.165, 1.54) is 12.5 Å². The highest BCUT2D eigenvalue weighted by molar-refractivity contribution is 5.87. The van der Waals surface area contributed by atoms with Gasteiger partial charge < -0.3 is 24.5 Å². The van der Waals surface area contributed by atoms with E-state index >= 15 is 0 Å². The molecular weight excluding hydrogens is 510 g/mol. The maximum atomic E-state index is 12.9. The fraction of sp³-hybridized carbons (Fsp3) is 0.200. The molecule has 0 aliphatic carbocycles. The van der Waals surface area contributed by atoms with Gasteiger partial charge in [0.1, 0.15) is 19.3 Å². The van der Waals surface area contributed by atoms with Gasteiger partial charge in [-0.3, -0.25) is 4.79 Å². The fourth-order valence-electron chi connectivity index (χ4n) is 3.83. The van der Waals surface area contributed by atoms with Crippen LogP contribution >= 0.6 is 0 Å². The van der Waals surface area contributed by atoms with Crippen molar-refractivity contribution in [3.63, 3.8) is 0 Å². The number of benzene rings is 3. The van der Waals surface area contributed by atoms with Gasteiger partial charge in [-0.05, 0) is 41.8 Å². The summed E-state index contributed by atoms with van der Waals surface area (Å²) in [7, 11) is 1.56. The maximum Gasteiger partial charge on any atom is 0.408 e. The molecule has 0 spiro atoms. The van der Waals surface area contributed by atoms with Crippen molar-refractivity contribution in [3.05, 3.63) is 113 Å². The third-order valence-corrected chi connectivity index (χ3v) is 5.85. The second-order valence-electron chi connectivity index (χ2n) is 8.96. The minimum Gasteiger partial charge on any atom is -0.493 e. The number of rotatable bonds is 12. The number of amides is 2. The van der Waals surface area contributed by atoms with Crippen LogP contribution in [0.4, 0.5) is 4.79 Å². The molecule has 3 N–H and O–H groups in total. The number of carbonyl (C=O) groups excluding carboxylic acids is 2. The summed E-state index contributed by atoms with van der Waals surface area (Å²) < 4.78 is 16.7. The van der Waals surface area contributed by atoms with E-state index in [0.29, 0.717) is 29.4 Å². The Morgan fingerprint density at radius 1 is 1.00 bits per heavy atom. The number of carbonyl (C=O) groups is 2. The van der Waals surface area contributed by atoms with Gasteiger partial charge in [0, 0.05) is 18.3 Å². The lowest BCUT2D eigenvalue weighted by Crippen LogP contribution is -2.47. The molecule has 0 aliphatic heterocycles. The predicted octanol–water partition coefficient (Wildman–Crippen LogP) is 4.29. The average molecular weight is 542 g/mol. The smallest absolute Gasteiger partial charge is 0.408 e. The number of methoxy groups -OCH3 is 1. The summed E-state index contributed by atoms with van der Waals surface area (Å²) in [6.07, 6.45) is 4.00. The molecule has 0 saturated carbocycles. The van der Waals surface area contributed by atoms with Crippen LogP contribution in [-0.4, -0.2) is 41.3 Å². The lowest BCUT2D eigenvalue weighted by molar-refractivity contribution is -0.123. The highest BCUT2D eigenvalue weighted by Crippen LogP contribution is 2.28. The SMILES string of the molecule is COc1cc(/C=N\NC(=O)[C@@H](Cc2cnc[nH]2)NC(=O)OCc2ccccc2)ccc1OCc1cccc(C)c1. The molecule has 10 nitrogen and oxygen atoms in total. The Balaban J connectivity index is 1.35. The first kappa shape index (κ1) is 27.9. The third kappa shape index (κ3) is 8.45. The summed E-state index contributed by atoms with van der Waals surface area (Å²) in [5, 5.41) is 6.66. The quantitative estimate of drug-likeness (QED) is 0.181. The van der Waals surface area contributed by atoms with Gasteiger partial charge in [0.2, 0.25) is 0 Å². The first-order valence-corrected chi connectivity index (χ1v) is 12.6. The molecule has 3 aromatic carbocycles. The zero-order chi connectivity index (χ0) is 28.2. The van der Waals surface area contributed by atoms with Crippen molar-refractivity contribution in [2.24, 2.45) is 5.10 Å². The average Bonchev–Trinajstić information content (AvgIpc) is 3.48. The second kappa shape index (κ2) is 14.1. The van der Waals surface area contributed by atoms with Gasteiger partial charge in [0.05, 0.1) is 19.7 Å². The normalized spacial score (nSPS) is 11.6. The van der Waals surface area contributed by atoms with Crippen molar-refractivity contribution in [2.45, 2.75) is 32.6 Å². The molecule has 1 aromatic heterocycles. The summed E-state index contributed by atoms with van der Waals surface area (Å²) >= 11 is 0. The van der Waals surface area contributed by atoms with Crippen LogP contribution in [0, 0.1) is 6.92 Å². The molecule has 2 amide bonds. The van der Waals surface area contributed by atoms with Crippen LogP contribution in [0.25, 0.3) is 0 Å². The molecule has 10 heteroatoms. The number of alkyl carbamates (subject to hydrolysis) is 1. The predicted molar refractivity (Wildman–Crippen MR) is 150 cm³/mol. The standard InChI is InChI=1S/C30H31N5O5/c1-21-7-6-10-24(13-21)19-39-27-12-11-23(14-28(27)38-2)16-33-35-29(36)26(15-25-17-31-20-32-25)34-30(37)40-18-22-8-4-3-5-9-22/h3-14,16-17,20,26H,15,18-19H2,1-2H3,(H,31,32)(H,34,37)(H,35,36)/b33-16-/t26-/m1/s1. The number of hydrogen-bond acceptors (Lipinski definition) is 7. The van der Waals surface area contributed by atoms with E-state index in [1.54, 1.807) is 31.5 Å². The molecule has 1 atom stereocenters. The highest BCUT2D eigenvalue weighted by Gasteiger charge is 2.22. The minimum atomic E-state index is -0.951. The Hall–Kier alpha value is -5.12. The van der Waals surface area contributed by atoms with Gasteiger partial charge in [0.15, 0.2) is 11.5 Å². The van der Waals surface area contributed by atoms with Crippen LogP contribution in [0.15, 0.2) is 90.4 Å². The van der Waals surface area contributed by atoms with E-state index in [-0.39, 0.29) is 13.0 Å². The Morgan fingerprint density at radius 3 is 2.58 bits per heavy atom. The molecule has 0 saturated heterocycles. The van der Waals surface area contributed by atoms with E-state index in [2.05, 4.69) is 31.9 Å². The molecule has 40 heavy (non-hydrogen) atoms. The number of ether oxygens (including phenoxy) is 3. The van der Waals surface area contributed by atoms with Gasteiger partial charge in [-0.1, -0.05) is 60.2 Å². The topological polar surface area (TPSA) is 127 Å². The number of hydrogen-bond donors (Lipinski definition) is 3. The molecule has 4 aromatic rings. The van der Waals surface area contributed by atoms with Gasteiger partial charge >= 0.3 is 6.09 Å². The fourth-order valence-corrected chi connectivity index (χ4v) is 3.83. The number of aryl methyl sites for hydroxylation is 1. The Kier molecular flexibility index (Phi) is 9.87. The van der Waals surface area contributed by atoms with Gasteiger partial charge in [-0.25, -0.2) is 15.2 Å². The Labute approximate surface area is 232 Å². The van der Waals surface area contributed by atoms with Crippen LogP contribution in [-0.2, 0) is 29.2 Å². The van der Waals surface area contributed by atoms with E-state index in [9.17, 15) is 9.59 Å². The summed E-state index contributed by atoms with van der Waals surface area (Å²) in [6, 6.07) is 21.7. The molecule has 0 fully saturated rings. The number of nitrogens with zero attached hydrogens (tertiary/aromatic N) is 2. The first-order chi connectivity index (χ1) is 19.5. The second-order valence-corrected chi connectivity index (χ2v) is 8.96. The lowest BCUT2D eigenvalue weighted by Gasteiger charge is -2.16. The number of H-pyrrole nitrogens is 1. The van der Waals surface area contributed by atoms with Crippen molar-refractivity contribution < 1.29 is 23.8 Å². The van der Waals surface area contributed by atoms with E-state index in [0.717, 1.165) is 16.7 Å². The van der Waals surface area contributed by atoms with Crippen molar-refractivity contribution in [1.82, 2.24) is 20.7 Å². The first-order valence-electron chi connectivity index (χ1n) is 12.6. The van der Waals surface area contributed by atoms with Crippen LogP contribution in [0.5, 0.6) is 11.5 Å². The highest BCUT2D eigenvalue weighted by atomic mass is 16.5. The van der Waals surface area contributed by atoms with Crippen LogP contribution in [0.1, 0.15) is 27.9 Å². The van der Waals surface area contributed by atoms with Crippen molar-refractivity contribution in [3.8, 4) is 11.5 Å². The third-order valence-electron chi connectivity index (χ3n) is 5.85. The monoisotopic (exact) mass is 541 g/mol. The van der Waals surface area contributed by atoms with Crippen molar-refractivity contribution >= 4 is 18.2 Å². The minimum absolute atomic E-state index is 0.0791. The van der Waals surface area contributed by atoms with Crippen molar-refractivity contribution in [1.29, 1.82) is 0 Å². The molecule has 0 radical (unpaired) electrons. The van der Waals surface area contributed by atoms with E-state index in [4.69, 9.17) is 14.2 Å². The van der Waals surface area contributed by atoms with Crippen LogP contribution in [0.3, 0.4) is 0 Å². The van der Waals surface area contributed by atoms with Gasteiger partial charge in [0.25, 0.3) is 5.91 Å². The van der Waals surface area contributed by atoms with Crippen LogP contribution in [0.2, 0.25) is 0 Å². The number of imidazole rings is 1. The van der Waals surface area contributed by atoms with Gasteiger partial charge in [-0.2, -0.15) is 5.10 Å². The molecule has 206 valence electrons. The molecular formula is C30H31N5O5. The maximum absolute atomic E-state index is 12.9. The number of aromatic nitrogens is 2. The van der Waals surface area contributed by atoms with Gasteiger partial charge in [-0.15, -0.1) is 0 Å². The number of hydrazone groups is 1. The number of aromatic amines is 1. The van der Waals surface area contributed by atoms with E-state index in [1.807, 2.05) is 55.5 Å². The zero-order valence-electron chi connectivity index (χ0n) is 22.3. The van der Waals surface area contributed by atoms with Crippen LogP contribution < -0.4 is 20.2 Å². The summed E-state index contributed by atoms with van der Waals surface area (Å²) in [5.74, 6) is 0.596. The number of nitrogens with one attached hydrogen (secondary N) is 3. The molecule has 0 aliphatic rings. The Bertz CT molecular complexity index is 1420. The molecule has 4 rings (SSSR count). The summed E-state index contributed by atoms with van der Waals surface area (Å²) in [4.78, 5) is 32.2. The zero-order valence-corrected chi connectivity index (χ0v) is 22.3. The van der Waals surface area contributed by atoms with Crippen molar-refractivity contribution in [2.75, 3.05) is 7.11 Å².